The lowest BCUT2D eigenvalue weighted by molar-refractivity contribution is 0.475. The van der Waals surface area contributed by atoms with Crippen molar-refractivity contribution in [3.63, 3.8) is 0 Å². The molecule has 1 unspecified atom stereocenters. The van der Waals surface area contributed by atoms with Gasteiger partial charge in [0.15, 0.2) is 0 Å². The van der Waals surface area contributed by atoms with Gasteiger partial charge in [0, 0.05) is 36.3 Å². The van der Waals surface area contributed by atoms with Gasteiger partial charge in [0.05, 0.1) is 0 Å². The van der Waals surface area contributed by atoms with E-state index in [2.05, 4.69) is 29.8 Å². The molecule has 0 spiro atoms. The van der Waals surface area contributed by atoms with Crippen LogP contribution in [0.25, 0.3) is 0 Å². The standard InChI is InChI=1S/C15H20N2OS/c1-2-6-13(14-7-5-12-19-14)16-9-11-17-10-4-3-8-15(17)18/h3-5,7-8,10,12-13,16H,2,6,9,11H2,1H3. The van der Waals surface area contributed by atoms with Crippen LogP contribution < -0.4 is 10.9 Å². The van der Waals surface area contributed by atoms with E-state index in [9.17, 15) is 4.79 Å². The first-order chi connectivity index (χ1) is 9.31. The molecule has 2 rings (SSSR count). The van der Waals surface area contributed by atoms with Crippen molar-refractivity contribution in [3.8, 4) is 0 Å². The topological polar surface area (TPSA) is 34.0 Å². The largest absolute Gasteiger partial charge is 0.314 e. The maximum absolute atomic E-state index is 11.6. The fourth-order valence-corrected chi connectivity index (χ4v) is 2.96. The molecule has 3 nitrogen and oxygen atoms in total. The number of nitrogens with one attached hydrogen (secondary N) is 1. The molecule has 2 heterocycles. The highest BCUT2D eigenvalue weighted by Crippen LogP contribution is 2.22. The van der Waals surface area contributed by atoms with Crippen LogP contribution >= 0.6 is 11.3 Å². The third-order valence-electron chi connectivity index (χ3n) is 3.11. The van der Waals surface area contributed by atoms with Crippen molar-refractivity contribution in [3.05, 3.63) is 57.1 Å². The van der Waals surface area contributed by atoms with Gasteiger partial charge in [0.25, 0.3) is 5.56 Å². The Morgan fingerprint density at radius 2 is 2.21 bits per heavy atom. The van der Waals surface area contributed by atoms with Crippen LogP contribution in [0.1, 0.15) is 30.7 Å². The zero-order chi connectivity index (χ0) is 13.5. The Balaban J connectivity index is 1.90. The zero-order valence-electron chi connectivity index (χ0n) is 11.2. The highest BCUT2D eigenvalue weighted by Gasteiger charge is 2.10. The molecular weight excluding hydrogens is 256 g/mol. The first-order valence-electron chi connectivity index (χ1n) is 6.73. The maximum atomic E-state index is 11.6. The van der Waals surface area contributed by atoms with Crippen LogP contribution in [0.4, 0.5) is 0 Å². The van der Waals surface area contributed by atoms with Gasteiger partial charge in [-0.05, 0) is 23.9 Å². The van der Waals surface area contributed by atoms with E-state index >= 15 is 0 Å². The van der Waals surface area contributed by atoms with Gasteiger partial charge in [-0.3, -0.25) is 4.79 Å². The number of rotatable bonds is 7. The average Bonchev–Trinajstić information content (AvgIpc) is 2.94. The van der Waals surface area contributed by atoms with E-state index in [1.54, 1.807) is 28.0 Å². The van der Waals surface area contributed by atoms with Crippen molar-refractivity contribution in [1.82, 2.24) is 9.88 Å². The molecule has 0 aliphatic heterocycles. The van der Waals surface area contributed by atoms with Crippen LogP contribution in [-0.2, 0) is 6.54 Å². The summed E-state index contributed by atoms with van der Waals surface area (Å²) in [4.78, 5) is 13.0. The highest BCUT2D eigenvalue weighted by molar-refractivity contribution is 7.10. The van der Waals surface area contributed by atoms with E-state index < -0.39 is 0 Å². The van der Waals surface area contributed by atoms with Gasteiger partial charge in [-0.2, -0.15) is 0 Å². The molecule has 1 N–H and O–H groups in total. The van der Waals surface area contributed by atoms with Crippen molar-refractivity contribution in [2.24, 2.45) is 0 Å². The molecule has 0 radical (unpaired) electrons. The van der Waals surface area contributed by atoms with Crippen LogP contribution in [0.5, 0.6) is 0 Å². The summed E-state index contributed by atoms with van der Waals surface area (Å²) in [5.41, 5.74) is 0.0625. The molecule has 0 aliphatic carbocycles. The Hall–Kier alpha value is -1.39. The van der Waals surface area contributed by atoms with Gasteiger partial charge in [0.2, 0.25) is 0 Å². The molecule has 0 bridgehead atoms. The molecule has 1 atom stereocenters. The molecule has 4 heteroatoms. The third-order valence-corrected chi connectivity index (χ3v) is 4.09. The molecule has 0 saturated carbocycles. The van der Waals surface area contributed by atoms with Crippen molar-refractivity contribution >= 4 is 11.3 Å². The molecule has 0 aliphatic rings. The van der Waals surface area contributed by atoms with Gasteiger partial charge in [0.1, 0.15) is 0 Å². The van der Waals surface area contributed by atoms with E-state index in [0.29, 0.717) is 12.6 Å². The molecule has 0 amide bonds. The van der Waals surface area contributed by atoms with Crippen molar-refractivity contribution in [2.45, 2.75) is 32.4 Å². The van der Waals surface area contributed by atoms with E-state index in [1.165, 1.54) is 4.88 Å². The summed E-state index contributed by atoms with van der Waals surface area (Å²) < 4.78 is 1.74. The van der Waals surface area contributed by atoms with Crippen LogP contribution in [0.15, 0.2) is 46.7 Å². The lowest BCUT2D eigenvalue weighted by atomic mass is 10.1. The van der Waals surface area contributed by atoms with Crippen LogP contribution in [0, 0.1) is 0 Å². The van der Waals surface area contributed by atoms with Gasteiger partial charge < -0.3 is 9.88 Å². The monoisotopic (exact) mass is 276 g/mol. The maximum Gasteiger partial charge on any atom is 0.250 e. The lowest BCUT2D eigenvalue weighted by Crippen LogP contribution is -2.28. The second-order valence-corrected chi connectivity index (χ2v) is 5.52. The number of pyridine rings is 1. The first kappa shape index (κ1) is 14.0. The SMILES string of the molecule is CCCC(NCCn1ccccc1=O)c1cccs1. The van der Waals surface area contributed by atoms with Gasteiger partial charge in [-0.25, -0.2) is 0 Å². The Kier molecular flexibility index (Phi) is 5.36. The molecular formula is C15H20N2OS. The Labute approximate surface area is 117 Å². The summed E-state index contributed by atoms with van der Waals surface area (Å²) in [6.07, 6.45) is 4.12. The second kappa shape index (κ2) is 7.26. The number of hydrogen-bond donors (Lipinski definition) is 1. The summed E-state index contributed by atoms with van der Waals surface area (Å²) in [5.74, 6) is 0. The summed E-state index contributed by atoms with van der Waals surface area (Å²) in [6.45, 7) is 3.72. The molecule has 102 valence electrons. The Bertz CT molecular complexity index is 533. The van der Waals surface area contributed by atoms with Gasteiger partial charge >= 0.3 is 0 Å². The normalized spacial score (nSPS) is 12.5. The number of nitrogens with zero attached hydrogens (tertiary/aromatic N) is 1. The first-order valence-corrected chi connectivity index (χ1v) is 7.61. The summed E-state index contributed by atoms with van der Waals surface area (Å²) >= 11 is 1.79. The van der Waals surface area contributed by atoms with Crippen LogP contribution in [0.2, 0.25) is 0 Å². The predicted octanol–water partition coefficient (Wildman–Crippen LogP) is 3.04. The van der Waals surface area contributed by atoms with Gasteiger partial charge in [-0.15, -0.1) is 11.3 Å². The minimum Gasteiger partial charge on any atom is -0.314 e. The number of hydrogen-bond acceptors (Lipinski definition) is 3. The minimum atomic E-state index is 0.0625. The third kappa shape index (κ3) is 4.04. The Morgan fingerprint density at radius 3 is 2.89 bits per heavy atom. The molecule has 0 saturated heterocycles. The fourth-order valence-electron chi connectivity index (χ4n) is 2.13. The quantitative estimate of drug-likeness (QED) is 0.843. The predicted molar refractivity (Wildman–Crippen MR) is 80.7 cm³/mol. The van der Waals surface area contributed by atoms with E-state index in [-0.39, 0.29) is 5.56 Å². The van der Waals surface area contributed by atoms with Crippen molar-refractivity contribution < 1.29 is 0 Å². The molecule has 2 aromatic rings. The minimum absolute atomic E-state index is 0.0625. The average molecular weight is 276 g/mol. The van der Waals surface area contributed by atoms with Gasteiger partial charge in [-0.1, -0.05) is 25.5 Å². The number of thiophene rings is 1. The molecule has 2 aromatic heterocycles. The van der Waals surface area contributed by atoms with Crippen molar-refractivity contribution in [1.29, 1.82) is 0 Å². The summed E-state index contributed by atoms with van der Waals surface area (Å²) in [5, 5.41) is 5.66. The van der Waals surface area contributed by atoms with Crippen LogP contribution in [-0.4, -0.2) is 11.1 Å². The highest BCUT2D eigenvalue weighted by atomic mass is 32.1. The van der Waals surface area contributed by atoms with E-state index in [4.69, 9.17) is 0 Å². The van der Waals surface area contributed by atoms with Crippen molar-refractivity contribution in [2.75, 3.05) is 6.54 Å². The summed E-state index contributed by atoms with van der Waals surface area (Å²) in [6, 6.07) is 9.94. The van der Waals surface area contributed by atoms with Crippen LogP contribution in [0.3, 0.4) is 0 Å². The molecule has 0 aromatic carbocycles. The molecule has 19 heavy (non-hydrogen) atoms. The smallest absolute Gasteiger partial charge is 0.250 e. The second-order valence-electron chi connectivity index (χ2n) is 4.54. The lowest BCUT2D eigenvalue weighted by Gasteiger charge is -2.17. The summed E-state index contributed by atoms with van der Waals surface area (Å²) in [7, 11) is 0. The van der Waals surface area contributed by atoms with E-state index in [1.807, 2.05) is 12.3 Å². The Morgan fingerprint density at radius 1 is 1.32 bits per heavy atom. The zero-order valence-corrected chi connectivity index (χ0v) is 12.0. The van der Waals surface area contributed by atoms with E-state index in [0.717, 1.165) is 19.4 Å². The molecule has 0 fully saturated rings. The number of aromatic nitrogens is 1. The fraction of sp³-hybridized carbons (Fsp3) is 0.400.